The SMILES string of the molecule is O=C1Cc2cc([N+](=O)[O-])ccc2N1CCCCO. The van der Waals surface area contributed by atoms with E-state index < -0.39 is 4.92 Å². The van der Waals surface area contributed by atoms with Gasteiger partial charge in [-0.1, -0.05) is 0 Å². The van der Waals surface area contributed by atoms with Gasteiger partial charge < -0.3 is 10.0 Å². The van der Waals surface area contributed by atoms with Gasteiger partial charge in [-0.3, -0.25) is 14.9 Å². The lowest BCUT2D eigenvalue weighted by Crippen LogP contribution is -2.27. The fourth-order valence-corrected chi connectivity index (χ4v) is 2.11. The third-order valence-corrected chi connectivity index (χ3v) is 3.00. The molecule has 6 heteroatoms. The molecule has 0 aliphatic carbocycles. The van der Waals surface area contributed by atoms with Crippen molar-refractivity contribution in [3.8, 4) is 0 Å². The van der Waals surface area contributed by atoms with Crippen LogP contribution in [0.3, 0.4) is 0 Å². The van der Waals surface area contributed by atoms with Gasteiger partial charge in [0.15, 0.2) is 0 Å². The Morgan fingerprint density at radius 2 is 2.17 bits per heavy atom. The minimum Gasteiger partial charge on any atom is -0.396 e. The molecular weight excluding hydrogens is 236 g/mol. The Balaban J connectivity index is 2.18. The summed E-state index contributed by atoms with van der Waals surface area (Å²) in [5.74, 6) is -0.0385. The highest BCUT2D eigenvalue weighted by atomic mass is 16.6. The number of hydrogen-bond donors (Lipinski definition) is 1. The number of hydrogen-bond acceptors (Lipinski definition) is 4. The zero-order chi connectivity index (χ0) is 13.1. The van der Waals surface area contributed by atoms with Gasteiger partial charge in [0.05, 0.1) is 11.3 Å². The largest absolute Gasteiger partial charge is 0.396 e. The Hall–Kier alpha value is -1.95. The maximum atomic E-state index is 11.8. The van der Waals surface area contributed by atoms with Gasteiger partial charge in [0.2, 0.25) is 5.91 Å². The van der Waals surface area contributed by atoms with E-state index >= 15 is 0 Å². The first-order chi connectivity index (χ1) is 8.63. The number of nitro groups is 1. The van der Waals surface area contributed by atoms with Gasteiger partial charge in [0.1, 0.15) is 0 Å². The van der Waals surface area contributed by atoms with Crippen molar-refractivity contribution in [2.45, 2.75) is 19.3 Å². The molecule has 0 bridgehead atoms. The Bertz CT molecular complexity index is 487. The third-order valence-electron chi connectivity index (χ3n) is 3.00. The number of rotatable bonds is 5. The van der Waals surface area contributed by atoms with Crippen LogP contribution < -0.4 is 4.90 Å². The van der Waals surface area contributed by atoms with Gasteiger partial charge >= 0.3 is 0 Å². The van der Waals surface area contributed by atoms with Crippen LogP contribution in [0.4, 0.5) is 11.4 Å². The number of benzene rings is 1. The molecule has 0 unspecified atom stereocenters. The van der Waals surface area contributed by atoms with Crippen LogP contribution in [0.15, 0.2) is 18.2 Å². The maximum Gasteiger partial charge on any atom is 0.269 e. The second-order valence-corrected chi connectivity index (χ2v) is 4.22. The molecule has 6 nitrogen and oxygen atoms in total. The van der Waals surface area contributed by atoms with E-state index in [-0.39, 0.29) is 24.6 Å². The van der Waals surface area contributed by atoms with E-state index in [9.17, 15) is 14.9 Å². The molecular formula is C12H14N2O4. The third kappa shape index (κ3) is 2.33. The lowest BCUT2D eigenvalue weighted by Gasteiger charge is -2.16. The quantitative estimate of drug-likeness (QED) is 0.484. The Morgan fingerprint density at radius 1 is 1.39 bits per heavy atom. The van der Waals surface area contributed by atoms with Gasteiger partial charge in [0, 0.05) is 31.0 Å². The molecule has 2 rings (SSSR count). The summed E-state index contributed by atoms with van der Waals surface area (Å²) in [4.78, 5) is 23.6. The minimum absolute atomic E-state index is 0.0127. The molecule has 18 heavy (non-hydrogen) atoms. The summed E-state index contributed by atoms with van der Waals surface area (Å²) in [5, 5.41) is 19.4. The van der Waals surface area contributed by atoms with Crippen LogP contribution in [-0.2, 0) is 11.2 Å². The molecule has 0 saturated heterocycles. The molecule has 0 fully saturated rings. The van der Waals surface area contributed by atoms with E-state index in [1.165, 1.54) is 12.1 Å². The van der Waals surface area contributed by atoms with Crippen LogP contribution in [0.25, 0.3) is 0 Å². The summed E-state index contributed by atoms with van der Waals surface area (Å²) in [6.07, 6.45) is 1.58. The van der Waals surface area contributed by atoms with Crippen LogP contribution in [0.1, 0.15) is 18.4 Å². The molecule has 1 heterocycles. The van der Waals surface area contributed by atoms with Crippen molar-refractivity contribution in [3.05, 3.63) is 33.9 Å². The zero-order valence-electron chi connectivity index (χ0n) is 9.83. The average Bonchev–Trinajstić information content (AvgIpc) is 2.65. The van der Waals surface area contributed by atoms with Crippen molar-refractivity contribution in [2.24, 2.45) is 0 Å². The van der Waals surface area contributed by atoms with Gasteiger partial charge in [-0.25, -0.2) is 0 Å². The van der Waals surface area contributed by atoms with Crippen molar-refractivity contribution < 1.29 is 14.8 Å². The number of fused-ring (bicyclic) bond motifs is 1. The van der Waals surface area contributed by atoms with Crippen molar-refractivity contribution in [2.75, 3.05) is 18.1 Å². The summed E-state index contributed by atoms with van der Waals surface area (Å²) < 4.78 is 0. The second kappa shape index (κ2) is 5.14. The van der Waals surface area contributed by atoms with Crippen molar-refractivity contribution in [3.63, 3.8) is 0 Å². The van der Waals surface area contributed by atoms with Gasteiger partial charge in [-0.2, -0.15) is 0 Å². The fourth-order valence-electron chi connectivity index (χ4n) is 2.11. The molecule has 0 aromatic heterocycles. The first-order valence-corrected chi connectivity index (χ1v) is 5.82. The number of nitro benzene ring substituents is 1. The molecule has 1 aromatic carbocycles. The summed E-state index contributed by atoms with van der Waals surface area (Å²) in [6, 6.07) is 4.49. The zero-order valence-corrected chi connectivity index (χ0v) is 9.83. The topological polar surface area (TPSA) is 83.7 Å². The Morgan fingerprint density at radius 3 is 2.83 bits per heavy atom. The van der Waals surface area contributed by atoms with Crippen LogP contribution in [0.5, 0.6) is 0 Å². The summed E-state index contributed by atoms with van der Waals surface area (Å²) in [7, 11) is 0. The van der Waals surface area contributed by atoms with E-state index in [1.807, 2.05) is 0 Å². The molecule has 0 spiro atoms. The van der Waals surface area contributed by atoms with Gasteiger partial charge in [0.25, 0.3) is 5.69 Å². The van der Waals surface area contributed by atoms with Crippen LogP contribution in [0.2, 0.25) is 0 Å². The molecule has 0 radical (unpaired) electrons. The highest BCUT2D eigenvalue weighted by Crippen LogP contribution is 2.31. The molecule has 0 saturated carbocycles. The average molecular weight is 250 g/mol. The summed E-state index contributed by atoms with van der Waals surface area (Å²) >= 11 is 0. The van der Waals surface area contributed by atoms with Crippen LogP contribution in [0, 0.1) is 10.1 Å². The molecule has 1 aliphatic heterocycles. The normalized spacial score (nSPS) is 13.8. The number of aliphatic hydroxyl groups is 1. The number of amides is 1. The first-order valence-electron chi connectivity index (χ1n) is 5.82. The number of anilines is 1. The van der Waals surface area contributed by atoms with Crippen molar-refractivity contribution in [1.29, 1.82) is 0 Å². The molecule has 1 aromatic rings. The lowest BCUT2D eigenvalue weighted by atomic mass is 10.1. The van der Waals surface area contributed by atoms with Crippen LogP contribution in [-0.4, -0.2) is 29.1 Å². The number of non-ortho nitro benzene ring substituents is 1. The summed E-state index contributed by atoms with van der Waals surface area (Å²) in [6.45, 7) is 0.652. The van der Waals surface area contributed by atoms with E-state index in [4.69, 9.17) is 5.11 Å². The highest BCUT2D eigenvalue weighted by Gasteiger charge is 2.28. The first kappa shape index (κ1) is 12.5. The van der Waals surface area contributed by atoms with E-state index in [0.717, 1.165) is 12.1 Å². The number of carbonyl (C=O) groups excluding carboxylic acids is 1. The van der Waals surface area contributed by atoms with E-state index in [1.54, 1.807) is 11.0 Å². The molecule has 1 N–H and O–H groups in total. The minimum atomic E-state index is -0.459. The lowest BCUT2D eigenvalue weighted by molar-refractivity contribution is -0.384. The standard InChI is InChI=1S/C12H14N2O4/c15-6-2-1-5-13-11-4-3-10(14(17)18)7-9(11)8-12(13)16/h3-4,7,15H,1-2,5-6,8H2. The Labute approximate surface area is 104 Å². The van der Waals surface area contributed by atoms with Crippen molar-refractivity contribution >= 4 is 17.3 Å². The molecule has 0 atom stereocenters. The smallest absolute Gasteiger partial charge is 0.269 e. The number of unbranched alkanes of at least 4 members (excludes halogenated alkanes) is 1. The predicted molar refractivity (Wildman–Crippen MR) is 65.5 cm³/mol. The predicted octanol–water partition coefficient (Wildman–Crippen LogP) is 1.26. The van der Waals surface area contributed by atoms with Gasteiger partial charge in [-0.05, 0) is 24.5 Å². The number of aliphatic hydroxyl groups excluding tert-OH is 1. The van der Waals surface area contributed by atoms with E-state index in [0.29, 0.717) is 18.5 Å². The van der Waals surface area contributed by atoms with Gasteiger partial charge in [-0.15, -0.1) is 0 Å². The molecule has 96 valence electrons. The van der Waals surface area contributed by atoms with Crippen molar-refractivity contribution in [1.82, 2.24) is 0 Å². The van der Waals surface area contributed by atoms with E-state index in [2.05, 4.69) is 0 Å². The highest BCUT2D eigenvalue weighted by molar-refractivity contribution is 6.01. The summed E-state index contributed by atoms with van der Waals surface area (Å²) in [5.41, 5.74) is 1.47. The van der Waals surface area contributed by atoms with Crippen LogP contribution >= 0.6 is 0 Å². The monoisotopic (exact) mass is 250 g/mol. The number of nitrogens with zero attached hydrogens (tertiary/aromatic N) is 2. The maximum absolute atomic E-state index is 11.8. The molecule has 1 amide bonds. The fraction of sp³-hybridized carbons (Fsp3) is 0.417. The number of carbonyl (C=O) groups is 1. The second-order valence-electron chi connectivity index (χ2n) is 4.22. The molecule has 1 aliphatic rings. The Kier molecular flexibility index (Phi) is 3.57.